The van der Waals surface area contributed by atoms with E-state index in [0.717, 1.165) is 5.69 Å². The van der Waals surface area contributed by atoms with Gasteiger partial charge in [-0.3, -0.25) is 0 Å². The molecule has 16 heavy (non-hydrogen) atoms. The molecule has 0 saturated heterocycles. The number of hydrogen-bond acceptors (Lipinski definition) is 5. The zero-order valence-electron chi connectivity index (χ0n) is 9.98. The maximum absolute atomic E-state index is 9.05. The summed E-state index contributed by atoms with van der Waals surface area (Å²) in [4.78, 5) is 1.66. The molecule has 0 fully saturated rings. The van der Waals surface area contributed by atoms with Crippen LogP contribution >= 0.6 is 0 Å². The first kappa shape index (κ1) is 12.4. The van der Waals surface area contributed by atoms with Gasteiger partial charge in [-0.2, -0.15) is 0 Å². The SMILES string of the molecule is COc1cc(N(C)CO)cc(OC)c1OC. The highest BCUT2D eigenvalue weighted by atomic mass is 16.5. The molecule has 1 aromatic rings. The topological polar surface area (TPSA) is 51.2 Å². The Balaban J connectivity index is 3.25. The first-order valence-corrected chi connectivity index (χ1v) is 4.80. The van der Waals surface area contributed by atoms with E-state index in [1.807, 2.05) is 0 Å². The Bertz CT molecular complexity index is 329. The minimum absolute atomic E-state index is 0.0847. The first-order valence-electron chi connectivity index (χ1n) is 4.80. The van der Waals surface area contributed by atoms with Crippen molar-refractivity contribution in [3.8, 4) is 17.2 Å². The van der Waals surface area contributed by atoms with Crippen molar-refractivity contribution in [3.05, 3.63) is 12.1 Å². The fourth-order valence-corrected chi connectivity index (χ4v) is 1.37. The summed E-state index contributed by atoms with van der Waals surface area (Å²) < 4.78 is 15.6. The normalized spacial score (nSPS) is 9.81. The first-order chi connectivity index (χ1) is 7.67. The van der Waals surface area contributed by atoms with Crippen LogP contribution in [0.3, 0.4) is 0 Å². The second-order valence-electron chi connectivity index (χ2n) is 3.22. The maximum Gasteiger partial charge on any atom is 0.203 e. The Kier molecular flexibility index (Phi) is 4.25. The highest BCUT2D eigenvalue weighted by molar-refractivity contribution is 5.63. The fourth-order valence-electron chi connectivity index (χ4n) is 1.37. The summed E-state index contributed by atoms with van der Waals surface area (Å²) in [5.74, 6) is 1.68. The molecule has 0 bridgehead atoms. The van der Waals surface area contributed by atoms with Crippen LogP contribution in [-0.2, 0) is 0 Å². The Morgan fingerprint density at radius 1 is 1.06 bits per heavy atom. The van der Waals surface area contributed by atoms with Gasteiger partial charge in [-0.15, -0.1) is 0 Å². The van der Waals surface area contributed by atoms with Crippen molar-refractivity contribution in [2.24, 2.45) is 0 Å². The van der Waals surface area contributed by atoms with Crippen LogP contribution < -0.4 is 19.1 Å². The summed E-state index contributed by atoms with van der Waals surface area (Å²) >= 11 is 0. The lowest BCUT2D eigenvalue weighted by molar-refractivity contribution is 0.297. The van der Waals surface area contributed by atoms with Crippen LogP contribution in [0.2, 0.25) is 0 Å². The number of benzene rings is 1. The average Bonchev–Trinajstić information content (AvgIpc) is 2.35. The van der Waals surface area contributed by atoms with Gasteiger partial charge in [-0.05, 0) is 0 Å². The highest BCUT2D eigenvalue weighted by Gasteiger charge is 2.14. The molecule has 0 amide bonds. The van der Waals surface area contributed by atoms with Crippen LogP contribution in [0.4, 0.5) is 5.69 Å². The van der Waals surface area contributed by atoms with Gasteiger partial charge in [0.15, 0.2) is 11.5 Å². The van der Waals surface area contributed by atoms with Gasteiger partial charge in [0, 0.05) is 24.9 Å². The molecule has 0 aromatic heterocycles. The van der Waals surface area contributed by atoms with Gasteiger partial charge in [0.2, 0.25) is 5.75 Å². The van der Waals surface area contributed by atoms with E-state index in [9.17, 15) is 0 Å². The van der Waals surface area contributed by atoms with E-state index in [1.54, 1.807) is 45.4 Å². The third-order valence-corrected chi connectivity index (χ3v) is 2.30. The maximum atomic E-state index is 9.05. The largest absolute Gasteiger partial charge is 0.493 e. The fraction of sp³-hybridized carbons (Fsp3) is 0.455. The van der Waals surface area contributed by atoms with Gasteiger partial charge in [0.05, 0.1) is 21.3 Å². The molecule has 0 unspecified atom stereocenters. The number of rotatable bonds is 5. The Hall–Kier alpha value is -1.62. The van der Waals surface area contributed by atoms with Gasteiger partial charge in [0.1, 0.15) is 6.73 Å². The molecule has 5 nitrogen and oxygen atoms in total. The predicted molar refractivity (Wildman–Crippen MR) is 61.6 cm³/mol. The molecule has 0 radical (unpaired) electrons. The Morgan fingerprint density at radius 3 is 1.88 bits per heavy atom. The van der Waals surface area contributed by atoms with Gasteiger partial charge < -0.3 is 24.2 Å². The summed E-state index contributed by atoms with van der Waals surface area (Å²) in [6.45, 7) is -0.0847. The van der Waals surface area contributed by atoms with E-state index in [2.05, 4.69) is 0 Å². The monoisotopic (exact) mass is 227 g/mol. The summed E-state index contributed by atoms with van der Waals surface area (Å²) in [7, 11) is 6.43. The number of nitrogens with zero attached hydrogens (tertiary/aromatic N) is 1. The summed E-state index contributed by atoms with van der Waals surface area (Å²) in [6, 6.07) is 3.55. The van der Waals surface area contributed by atoms with Crippen molar-refractivity contribution in [1.29, 1.82) is 0 Å². The quantitative estimate of drug-likeness (QED) is 0.763. The molecule has 0 aliphatic heterocycles. The van der Waals surface area contributed by atoms with E-state index >= 15 is 0 Å². The van der Waals surface area contributed by atoms with Crippen LogP contribution in [0.1, 0.15) is 0 Å². The van der Waals surface area contributed by atoms with Gasteiger partial charge in [0.25, 0.3) is 0 Å². The molecule has 0 saturated carbocycles. The lowest BCUT2D eigenvalue weighted by atomic mass is 10.2. The van der Waals surface area contributed by atoms with Crippen molar-refractivity contribution in [2.45, 2.75) is 0 Å². The smallest absolute Gasteiger partial charge is 0.203 e. The average molecular weight is 227 g/mol. The molecular formula is C11H17NO4. The number of methoxy groups -OCH3 is 3. The van der Waals surface area contributed by atoms with Gasteiger partial charge >= 0.3 is 0 Å². The van der Waals surface area contributed by atoms with Crippen LogP contribution in [0.25, 0.3) is 0 Å². The molecule has 0 heterocycles. The summed E-state index contributed by atoms with van der Waals surface area (Å²) in [5, 5.41) is 9.05. The van der Waals surface area contributed by atoms with Gasteiger partial charge in [-0.25, -0.2) is 0 Å². The van der Waals surface area contributed by atoms with E-state index < -0.39 is 0 Å². The number of ether oxygens (including phenoxy) is 3. The van der Waals surface area contributed by atoms with Gasteiger partial charge in [-0.1, -0.05) is 0 Å². The minimum atomic E-state index is -0.0847. The molecule has 0 aliphatic carbocycles. The van der Waals surface area contributed by atoms with Crippen molar-refractivity contribution >= 4 is 5.69 Å². The Labute approximate surface area is 95.2 Å². The van der Waals surface area contributed by atoms with E-state index in [0.29, 0.717) is 17.2 Å². The highest BCUT2D eigenvalue weighted by Crippen LogP contribution is 2.40. The van der Waals surface area contributed by atoms with E-state index in [4.69, 9.17) is 19.3 Å². The zero-order chi connectivity index (χ0) is 12.1. The third-order valence-electron chi connectivity index (χ3n) is 2.30. The summed E-state index contributed by atoms with van der Waals surface area (Å²) in [6.07, 6.45) is 0. The minimum Gasteiger partial charge on any atom is -0.493 e. The second-order valence-corrected chi connectivity index (χ2v) is 3.22. The molecule has 1 aromatic carbocycles. The third kappa shape index (κ3) is 2.30. The van der Waals surface area contributed by atoms with Crippen LogP contribution in [0.15, 0.2) is 12.1 Å². The predicted octanol–water partition coefficient (Wildman–Crippen LogP) is 1.10. The lowest BCUT2D eigenvalue weighted by Gasteiger charge is -2.19. The van der Waals surface area contributed by atoms with Crippen molar-refractivity contribution in [1.82, 2.24) is 0 Å². The standard InChI is InChI=1S/C11H17NO4/c1-12(7-13)8-5-9(14-2)11(16-4)10(6-8)15-3/h5-6,13H,7H2,1-4H3. The lowest BCUT2D eigenvalue weighted by Crippen LogP contribution is -2.17. The molecule has 1 rings (SSSR count). The molecule has 0 atom stereocenters. The van der Waals surface area contributed by atoms with E-state index in [1.165, 1.54) is 0 Å². The van der Waals surface area contributed by atoms with Crippen molar-refractivity contribution in [2.75, 3.05) is 40.0 Å². The number of hydrogen-bond donors (Lipinski definition) is 1. The second kappa shape index (κ2) is 5.46. The zero-order valence-corrected chi connectivity index (χ0v) is 9.98. The molecule has 0 aliphatic rings. The Morgan fingerprint density at radius 2 is 1.56 bits per heavy atom. The van der Waals surface area contributed by atoms with Crippen molar-refractivity contribution in [3.63, 3.8) is 0 Å². The number of aliphatic hydroxyl groups excluding tert-OH is 1. The summed E-state index contributed by atoms with van der Waals surface area (Å²) in [5.41, 5.74) is 0.789. The molecular weight excluding hydrogens is 210 g/mol. The number of aliphatic hydroxyl groups is 1. The van der Waals surface area contributed by atoms with Crippen molar-refractivity contribution < 1.29 is 19.3 Å². The molecule has 5 heteroatoms. The van der Waals surface area contributed by atoms with E-state index in [-0.39, 0.29) is 6.73 Å². The number of anilines is 1. The molecule has 1 N–H and O–H groups in total. The van der Waals surface area contributed by atoms with Crippen LogP contribution in [0.5, 0.6) is 17.2 Å². The molecule has 0 spiro atoms. The van der Waals surface area contributed by atoms with Crippen LogP contribution in [0, 0.1) is 0 Å². The van der Waals surface area contributed by atoms with Crippen LogP contribution in [-0.4, -0.2) is 40.2 Å². The molecule has 90 valence electrons.